The van der Waals surface area contributed by atoms with Gasteiger partial charge in [-0.3, -0.25) is 4.79 Å². The molecule has 1 fully saturated rings. The number of aromatic hydroxyl groups is 1. The molecule has 0 bridgehead atoms. The first kappa shape index (κ1) is 29.0. The summed E-state index contributed by atoms with van der Waals surface area (Å²) in [5.41, 5.74) is 0.696. The fraction of sp³-hybridized carbons (Fsp3) is 0.440. The zero-order valence-electron chi connectivity index (χ0n) is 19.5. The topological polar surface area (TPSA) is 96.9 Å². The van der Waals surface area contributed by atoms with Gasteiger partial charge in [0.05, 0.1) is 23.8 Å². The van der Waals surface area contributed by atoms with Gasteiger partial charge in [0.1, 0.15) is 11.1 Å². The van der Waals surface area contributed by atoms with Crippen molar-refractivity contribution in [3.05, 3.63) is 57.6 Å². The third kappa shape index (κ3) is 8.17. The highest BCUT2D eigenvalue weighted by Gasteiger charge is 2.27. The van der Waals surface area contributed by atoms with E-state index in [1.807, 2.05) is 30.3 Å². The van der Waals surface area contributed by atoms with Crippen molar-refractivity contribution in [3.63, 3.8) is 0 Å². The molecule has 2 aromatic carbocycles. The monoisotopic (exact) mass is 544 g/mol. The average Bonchev–Trinajstić information content (AvgIpc) is 2.84. The van der Waals surface area contributed by atoms with Crippen LogP contribution in [0.3, 0.4) is 0 Å². The summed E-state index contributed by atoms with van der Waals surface area (Å²) in [6.45, 7) is 4.25. The average molecular weight is 546 g/mol. The third-order valence-corrected chi connectivity index (χ3v) is 6.42. The predicted octanol–water partition coefficient (Wildman–Crippen LogP) is 4.79. The van der Waals surface area contributed by atoms with E-state index < -0.39 is 23.7 Å². The number of carbonyl (C=O) groups is 2. The van der Waals surface area contributed by atoms with E-state index in [4.69, 9.17) is 32.7 Å². The lowest BCUT2D eigenvalue weighted by Crippen LogP contribution is -2.43. The Balaban J connectivity index is 0.00000432. The normalized spacial score (nSPS) is 14.5. The van der Waals surface area contributed by atoms with Crippen LogP contribution < -0.4 is 15.4 Å². The second-order valence-corrected chi connectivity index (χ2v) is 8.98. The molecule has 0 saturated carbocycles. The molecule has 1 heterocycles. The number of phenolic OH excluding ortho intramolecular Hbond substituents is 1. The van der Waals surface area contributed by atoms with Crippen LogP contribution in [0, 0.1) is 5.92 Å². The second kappa shape index (κ2) is 14.4. The minimum atomic E-state index is -0.951. The minimum absolute atomic E-state index is 0. The number of nitrogens with one attached hydrogen (secondary N) is 2. The lowest BCUT2D eigenvalue weighted by Gasteiger charge is -2.23. The molecule has 1 atom stereocenters. The predicted molar refractivity (Wildman–Crippen MR) is 139 cm³/mol. The second-order valence-electron chi connectivity index (χ2n) is 8.20. The van der Waals surface area contributed by atoms with Gasteiger partial charge in [-0.15, -0.1) is 12.4 Å². The Labute approximate surface area is 221 Å². The number of piperidine rings is 1. The Morgan fingerprint density at radius 1 is 1.20 bits per heavy atom. The molecule has 1 saturated heterocycles. The molecule has 3 N–H and O–H groups in total. The standard InChI is InChI=1S/C25H30Cl2N2O5.ClH/c1-2-33-25(32)20(14-17-6-4-3-5-7-17)29-24(31)18-15-19(26)23(21(27)22(18)30)34-13-10-16-8-11-28-12-9-16;/h3-7,15-16,20,28,30H,2,8-14H2,1H3,(H,29,31);1H/t20-;/m1./s1. The van der Waals surface area contributed by atoms with Crippen LogP contribution in [0.2, 0.25) is 10.0 Å². The third-order valence-electron chi connectivity index (χ3n) is 5.79. The summed E-state index contributed by atoms with van der Waals surface area (Å²) in [6.07, 6.45) is 3.24. The molecular weight excluding hydrogens is 515 g/mol. The highest BCUT2D eigenvalue weighted by Crippen LogP contribution is 2.42. The van der Waals surface area contributed by atoms with Crippen molar-refractivity contribution < 1.29 is 24.2 Å². The summed E-state index contributed by atoms with van der Waals surface area (Å²) >= 11 is 12.7. The van der Waals surface area contributed by atoms with E-state index in [1.165, 1.54) is 6.07 Å². The van der Waals surface area contributed by atoms with Crippen LogP contribution >= 0.6 is 35.6 Å². The lowest BCUT2D eigenvalue weighted by atomic mass is 9.95. The van der Waals surface area contributed by atoms with Gasteiger partial charge in [0.2, 0.25) is 0 Å². The lowest BCUT2D eigenvalue weighted by molar-refractivity contribution is -0.145. The van der Waals surface area contributed by atoms with Crippen LogP contribution in [0.25, 0.3) is 0 Å². The van der Waals surface area contributed by atoms with Gasteiger partial charge in [0.15, 0.2) is 11.5 Å². The van der Waals surface area contributed by atoms with E-state index >= 15 is 0 Å². The molecular formula is C25H31Cl3N2O5. The van der Waals surface area contributed by atoms with Crippen molar-refractivity contribution in [1.82, 2.24) is 10.6 Å². The maximum Gasteiger partial charge on any atom is 0.328 e. The summed E-state index contributed by atoms with van der Waals surface area (Å²) in [5.74, 6) is -1.03. The van der Waals surface area contributed by atoms with Crippen LogP contribution in [0.1, 0.15) is 42.1 Å². The van der Waals surface area contributed by atoms with E-state index in [1.54, 1.807) is 6.92 Å². The van der Waals surface area contributed by atoms with E-state index in [2.05, 4.69) is 10.6 Å². The number of benzene rings is 2. The zero-order chi connectivity index (χ0) is 24.5. The molecule has 10 heteroatoms. The van der Waals surface area contributed by atoms with Crippen LogP contribution in [0.5, 0.6) is 11.5 Å². The zero-order valence-corrected chi connectivity index (χ0v) is 21.8. The molecule has 0 unspecified atom stereocenters. The number of halogens is 3. The van der Waals surface area contributed by atoms with E-state index in [9.17, 15) is 14.7 Å². The van der Waals surface area contributed by atoms with Gasteiger partial charge in [-0.1, -0.05) is 53.5 Å². The Kier molecular flexibility index (Phi) is 11.9. The van der Waals surface area contributed by atoms with Gasteiger partial charge >= 0.3 is 5.97 Å². The van der Waals surface area contributed by atoms with Crippen molar-refractivity contribution in [2.45, 2.75) is 38.6 Å². The molecule has 1 aliphatic rings. The maximum atomic E-state index is 13.0. The van der Waals surface area contributed by atoms with Gasteiger partial charge in [0, 0.05) is 6.42 Å². The first-order chi connectivity index (χ1) is 16.4. The molecule has 0 aliphatic carbocycles. The number of hydrogen-bond acceptors (Lipinski definition) is 6. The molecule has 7 nitrogen and oxygen atoms in total. The summed E-state index contributed by atoms with van der Waals surface area (Å²) in [4.78, 5) is 25.4. The quantitative estimate of drug-likeness (QED) is 0.371. The molecule has 0 spiro atoms. The molecule has 3 rings (SSSR count). The SMILES string of the molecule is CCOC(=O)[C@@H](Cc1ccccc1)NC(=O)c1cc(Cl)c(OCCC2CCNCC2)c(Cl)c1O.Cl. The number of esters is 1. The number of amides is 1. The molecule has 0 aromatic heterocycles. The van der Waals surface area contributed by atoms with Crippen LogP contribution in [0.15, 0.2) is 36.4 Å². The Morgan fingerprint density at radius 2 is 1.89 bits per heavy atom. The first-order valence-electron chi connectivity index (χ1n) is 11.5. The summed E-state index contributed by atoms with van der Waals surface area (Å²) in [6, 6.07) is 9.58. The maximum absolute atomic E-state index is 13.0. The van der Waals surface area contributed by atoms with Gasteiger partial charge in [-0.25, -0.2) is 4.79 Å². The van der Waals surface area contributed by atoms with Crippen LogP contribution in [-0.4, -0.2) is 49.3 Å². The summed E-state index contributed by atoms with van der Waals surface area (Å²) < 4.78 is 10.9. The van der Waals surface area contributed by atoms with Crippen LogP contribution in [-0.2, 0) is 16.0 Å². The molecule has 35 heavy (non-hydrogen) atoms. The number of rotatable bonds is 10. The van der Waals surface area contributed by atoms with Crippen molar-refractivity contribution in [2.24, 2.45) is 5.92 Å². The summed E-state index contributed by atoms with van der Waals surface area (Å²) in [5, 5.41) is 16.5. The Bertz CT molecular complexity index is 985. The highest BCUT2D eigenvalue weighted by atomic mass is 35.5. The Hall–Kier alpha value is -2.19. The number of phenols is 1. The van der Waals surface area contributed by atoms with Gasteiger partial charge in [0.25, 0.3) is 5.91 Å². The summed E-state index contributed by atoms with van der Waals surface area (Å²) in [7, 11) is 0. The van der Waals surface area contributed by atoms with Gasteiger partial charge < -0.3 is 25.2 Å². The van der Waals surface area contributed by atoms with Gasteiger partial charge in [-0.05, 0) is 56.8 Å². The van der Waals surface area contributed by atoms with E-state index in [-0.39, 0.29) is 46.8 Å². The van der Waals surface area contributed by atoms with E-state index in [0.717, 1.165) is 37.9 Å². The fourth-order valence-electron chi connectivity index (χ4n) is 3.92. The first-order valence-corrected chi connectivity index (χ1v) is 12.2. The number of carbonyl (C=O) groups excluding carboxylic acids is 2. The van der Waals surface area contributed by atoms with Crippen LogP contribution in [0.4, 0.5) is 0 Å². The molecule has 192 valence electrons. The molecule has 1 amide bonds. The van der Waals surface area contributed by atoms with Gasteiger partial charge in [-0.2, -0.15) is 0 Å². The molecule has 0 radical (unpaired) electrons. The Morgan fingerprint density at radius 3 is 2.54 bits per heavy atom. The largest absolute Gasteiger partial charge is 0.505 e. The smallest absolute Gasteiger partial charge is 0.328 e. The van der Waals surface area contributed by atoms with E-state index in [0.29, 0.717) is 12.5 Å². The van der Waals surface area contributed by atoms with Crippen molar-refractivity contribution in [1.29, 1.82) is 0 Å². The number of hydrogen-bond donors (Lipinski definition) is 3. The van der Waals surface area contributed by atoms with Crippen molar-refractivity contribution in [2.75, 3.05) is 26.3 Å². The highest BCUT2D eigenvalue weighted by molar-refractivity contribution is 6.39. The van der Waals surface area contributed by atoms with Crippen molar-refractivity contribution >= 4 is 47.5 Å². The van der Waals surface area contributed by atoms with Crippen molar-refractivity contribution in [3.8, 4) is 11.5 Å². The molecule has 2 aromatic rings. The fourth-order valence-corrected chi connectivity index (χ4v) is 4.48. The minimum Gasteiger partial charge on any atom is -0.505 e. The molecule has 1 aliphatic heterocycles. The number of ether oxygens (including phenoxy) is 2.